The highest BCUT2D eigenvalue weighted by Crippen LogP contribution is 2.26. The van der Waals surface area contributed by atoms with Crippen LogP contribution in [0.1, 0.15) is 341 Å². The normalized spacial score (nSPS) is 18.3. The molecule has 0 radical (unpaired) electrons. The highest BCUT2D eigenvalue weighted by Gasteiger charge is 2.48. The lowest BCUT2D eigenvalue weighted by atomic mass is 9.99. The van der Waals surface area contributed by atoms with Gasteiger partial charge in [0.2, 0.25) is 0 Å². The molecule has 13 heteroatoms. The summed E-state index contributed by atoms with van der Waals surface area (Å²) in [7, 11) is -5.07. The fourth-order valence-corrected chi connectivity index (χ4v) is 11.5. The van der Waals surface area contributed by atoms with E-state index in [0.717, 1.165) is 38.5 Å². The van der Waals surface area contributed by atoms with E-state index >= 15 is 0 Å². The van der Waals surface area contributed by atoms with Gasteiger partial charge in [0, 0.05) is 13.0 Å². The van der Waals surface area contributed by atoms with Crippen molar-refractivity contribution in [3.8, 4) is 0 Å². The van der Waals surface area contributed by atoms with E-state index in [0.29, 0.717) is 13.0 Å². The third kappa shape index (κ3) is 48.4. The van der Waals surface area contributed by atoms with Crippen molar-refractivity contribution in [2.45, 2.75) is 378 Å². The minimum Gasteiger partial charge on any atom is -0.457 e. The first-order valence-corrected chi connectivity index (χ1v) is 34.7. The van der Waals surface area contributed by atoms with Gasteiger partial charge < -0.3 is 34.3 Å². The van der Waals surface area contributed by atoms with Gasteiger partial charge >= 0.3 is 16.4 Å². The molecule has 0 spiro atoms. The average molecular weight is 1120 g/mol. The number of carbonyl (C=O) groups is 1. The van der Waals surface area contributed by atoms with Gasteiger partial charge in [0.05, 0.1) is 19.8 Å². The lowest BCUT2D eigenvalue weighted by molar-refractivity contribution is -0.301. The number of carbonyl (C=O) groups excluding carboxylic acids is 1. The van der Waals surface area contributed by atoms with Crippen molar-refractivity contribution < 1.29 is 56.2 Å². The molecule has 0 aromatic rings. The van der Waals surface area contributed by atoms with Crippen LogP contribution in [-0.2, 0) is 38.3 Å². The summed E-state index contributed by atoms with van der Waals surface area (Å²) in [6.07, 6.45) is 57.4. The van der Waals surface area contributed by atoms with Gasteiger partial charge in [0.15, 0.2) is 6.29 Å². The first kappa shape index (κ1) is 74.1. The average Bonchev–Trinajstić information content (AvgIpc) is 3.42. The number of ether oxygens (including phenoxy) is 4. The van der Waals surface area contributed by atoms with Crippen LogP contribution in [0.2, 0.25) is 0 Å². The van der Waals surface area contributed by atoms with E-state index in [4.69, 9.17) is 18.9 Å². The van der Waals surface area contributed by atoms with Gasteiger partial charge in [0.25, 0.3) is 0 Å². The molecule has 1 aliphatic heterocycles. The minimum atomic E-state index is -5.07. The quantitative estimate of drug-likeness (QED) is 0.0258. The van der Waals surface area contributed by atoms with Crippen LogP contribution in [0, 0.1) is 0 Å². The maximum atomic E-state index is 13.0. The number of unbranched alkanes of at least 4 members (excludes halogenated alkanes) is 48. The number of hydrogen-bond donors (Lipinski definition) is 4. The molecule has 6 unspecified atom stereocenters. The summed E-state index contributed by atoms with van der Waals surface area (Å²) < 4.78 is 59.6. The standard InChI is InChI=1S/C64H126O12S/c1-3-5-7-9-11-13-15-17-19-21-23-25-27-29-30-32-34-36-38-40-42-44-46-48-50-52-54-72-56-58(57-73-64-62(68)63(76-77(69,70)71)61(67)59(55-65)75-64)74-60(66)53-51-49-47-45-43-41-39-37-35-33-31-28-26-24-22-20-18-16-14-12-10-8-6-4-2/h58-59,61-65,67-68H,3-57H2,1-2H3,(H,69,70,71). The fraction of sp³-hybridized carbons (Fsp3) is 0.984. The zero-order chi connectivity index (χ0) is 56.0. The van der Waals surface area contributed by atoms with Crippen LogP contribution in [0.25, 0.3) is 0 Å². The Bertz CT molecular complexity index is 1340. The Morgan fingerprint density at radius 1 is 0.442 bits per heavy atom. The third-order valence-electron chi connectivity index (χ3n) is 16.0. The first-order chi connectivity index (χ1) is 37.6. The molecule has 1 heterocycles. The number of rotatable bonds is 61. The van der Waals surface area contributed by atoms with Crippen LogP contribution in [0.5, 0.6) is 0 Å². The molecule has 1 saturated heterocycles. The van der Waals surface area contributed by atoms with Crippen molar-refractivity contribution in [2.75, 3.05) is 26.4 Å². The van der Waals surface area contributed by atoms with Crippen molar-refractivity contribution in [3.63, 3.8) is 0 Å². The summed E-state index contributed by atoms with van der Waals surface area (Å²) in [5, 5.41) is 30.9. The molecular weight excluding hydrogens is 993 g/mol. The van der Waals surface area contributed by atoms with E-state index in [-0.39, 0.29) is 25.6 Å². The van der Waals surface area contributed by atoms with Crippen LogP contribution < -0.4 is 0 Å². The lowest BCUT2D eigenvalue weighted by Crippen LogP contribution is -2.60. The lowest BCUT2D eigenvalue weighted by Gasteiger charge is -2.41. The predicted molar refractivity (Wildman–Crippen MR) is 318 cm³/mol. The van der Waals surface area contributed by atoms with Crippen molar-refractivity contribution in [3.05, 3.63) is 0 Å². The summed E-state index contributed by atoms with van der Waals surface area (Å²) in [5.41, 5.74) is 0. The largest absolute Gasteiger partial charge is 0.457 e. The summed E-state index contributed by atoms with van der Waals surface area (Å²) in [4.78, 5) is 13.0. The van der Waals surface area contributed by atoms with Crippen molar-refractivity contribution in [1.29, 1.82) is 0 Å². The van der Waals surface area contributed by atoms with Gasteiger partial charge in [-0.1, -0.05) is 322 Å². The molecule has 0 bridgehead atoms. The van der Waals surface area contributed by atoms with E-state index < -0.39 is 53.8 Å². The van der Waals surface area contributed by atoms with Gasteiger partial charge in [-0.25, -0.2) is 4.18 Å². The molecule has 1 aliphatic rings. The molecule has 0 aromatic carbocycles. The minimum absolute atomic E-state index is 0.0461. The number of hydrogen-bond acceptors (Lipinski definition) is 11. The molecule has 6 atom stereocenters. The van der Waals surface area contributed by atoms with Crippen LogP contribution >= 0.6 is 0 Å². The van der Waals surface area contributed by atoms with Crippen LogP contribution in [-0.4, -0.2) is 97.5 Å². The van der Waals surface area contributed by atoms with Gasteiger partial charge in [-0.05, 0) is 12.8 Å². The Morgan fingerprint density at radius 3 is 1.04 bits per heavy atom. The highest BCUT2D eigenvalue weighted by molar-refractivity contribution is 7.80. The molecule has 0 aliphatic carbocycles. The van der Waals surface area contributed by atoms with E-state index in [9.17, 15) is 33.1 Å². The topological polar surface area (TPSA) is 178 Å². The summed E-state index contributed by atoms with van der Waals surface area (Å²) in [6, 6.07) is 0. The zero-order valence-electron chi connectivity index (χ0n) is 50.3. The van der Waals surface area contributed by atoms with E-state index in [2.05, 4.69) is 18.0 Å². The van der Waals surface area contributed by atoms with Crippen molar-refractivity contribution >= 4 is 16.4 Å². The van der Waals surface area contributed by atoms with E-state index in [1.54, 1.807) is 0 Å². The predicted octanol–water partition coefficient (Wildman–Crippen LogP) is 17.5. The van der Waals surface area contributed by atoms with Crippen LogP contribution in [0.3, 0.4) is 0 Å². The molecule has 0 amide bonds. The van der Waals surface area contributed by atoms with Crippen molar-refractivity contribution in [1.82, 2.24) is 0 Å². The molecular formula is C64H126O12S. The van der Waals surface area contributed by atoms with Gasteiger partial charge in [0.1, 0.15) is 30.5 Å². The molecule has 1 rings (SSSR count). The molecule has 0 aromatic heterocycles. The molecule has 460 valence electrons. The maximum Gasteiger partial charge on any atom is 0.397 e. The monoisotopic (exact) mass is 1120 g/mol. The molecule has 77 heavy (non-hydrogen) atoms. The SMILES string of the molecule is CCCCCCCCCCCCCCCCCCCCCCCCCCCCOCC(COC1OC(CO)C(O)C(OS(=O)(=O)O)C1O)OC(=O)CCCCCCCCCCCCCCCCCCCCCCCCCC. The first-order valence-electron chi connectivity index (χ1n) is 33.3. The Hall–Kier alpha value is -0.900. The van der Waals surface area contributed by atoms with Gasteiger partial charge in [-0.3, -0.25) is 9.35 Å². The Morgan fingerprint density at radius 2 is 0.740 bits per heavy atom. The molecule has 0 saturated carbocycles. The number of aliphatic hydroxyl groups excluding tert-OH is 3. The van der Waals surface area contributed by atoms with E-state index in [1.165, 1.54) is 276 Å². The van der Waals surface area contributed by atoms with Crippen LogP contribution in [0.4, 0.5) is 0 Å². The van der Waals surface area contributed by atoms with E-state index in [1.807, 2.05) is 0 Å². The summed E-state index contributed by atoms with van der Waals surface area (Å²) >= 11 is 0. The fourth-order valence-electron chi connectivity index (χ4n) is 11.0. The maximum absolute atomic E-state index is 13.0. The molecule has 12 nitrogen and oxygen atoms in total. The Kier molecular flexibility index (Phi) is 53.5. The molecule has 4 N–H and O–H groups in total. The third-order valence-corrected chi connectivity index (χ3v) is 16.4. The highest BCUT2D eigenvalue weighted by atomic mass is 32.3. The second-order valence-electron chi connectivity index (χ2n) is 23.4. The van der Waals surface area contributed by atoms with Crippen LogP contribution in [0.15, 0.2) is 0 Å². The smallest absolute Gasteiger partial charge is 0.397 e. The zero-order valence-corrected chi connectivity index (χ0v) is 51.1. The van der Waals surface area contributed by atoms with Gasteiger partial charge in [-0.2, -0.15) is 8.42 Å². The second-order valence-corrected chi connectivity index (χ2v) is 24.5. The second kappa shape index (κ2) is 55.6. The Labute approximate surface area is 475 Å². The summed E-state index contributed by atoms with van der Waals surface area (Å²) in [5.74, 6) is -0.387. The van der Waals surface area contributed by atoms with Gasteiger partial charge in [-0.15, -0.1) is 0 Å². The Balaban J connectivity index is 2.20. The molecule has 1 fully saturated rings. The van der Waals surface area contributed by atoms with Crippen molar-refractivity contribution in [2.24, 2.45) is 0 Å². The number of esters is 1. The number of aliphatic hydroxyl groups is 3. The summed E-state index contributed by atoms with van der Waals surface area (Å²) in [6.45, 7) is 4.10.